The minimum atomic E-state index is -4.37. The van der Waals surface area contributed by atoms with Crippen molar-refractivity contribution in [3.8, 4) is 0 Å². The number of allylic oxidation sites excluding steroid dienone is 9. The van der Waals surface area contributed by atoms with Crippen LogP contribution in [0.4, 0.5) is 0 Å². The fourth-order valence-electron chi connectivity index (χ4n) is 10.3. The maximum atomic E-state index is 13.0. The lowest BCUT2D eigenvalue weighted by Crippen LogP contribution is -2.45. The molecule has 0 aromatic heterocycles. The number of likely N-dealkylation sites (N-methyl/N-ethyl adjacent to an activating group) is 1. The summed E-state index contributed by atoms with van der Waals surface area (Å²) in [6.07, 6.45) is 85.2. The van der Waals surface area contributed by atoms with Crippen LogP contribution in [0.2, 0.25) is 0 Å². The first-order valence-corrected chi connectivity index (χ1v) is 36.2. The molecule has 0 bridgehead atoms. The molecular weight excluding hydrogens is 1010 g/mol. The zero-order chi connectivity index (χ0) is 58.4. The second-order valence-electron chi connectivity index (χ2n) is 24.9. The zero-order valence-corrected chi connectivity index (χ0v) is 54.7. The maximum absolute atomic E-state index is 13.0. The summed E-state index contributed by atoms with van der Waals surface area (Å²) in [6, 6.07) is -0.872. The van der Waals surface area contributed by atoms with E-state index in [1.807, 2.05) is 27.2 Å². The highest BCUT2D eigenvalue weighted by Gasteiger charge is 2.28. The minimum Gasteiger partial charge on any atom is -0.387 e. The monoisotopic (exact) mass is 1140 g/mol. The Labute approximate surface area is 498 Å². The second-order valence-corrected chi connectivity index (χ2v) is 26.3. The van der Waals surface area contributed by atoms with Crippen LogP contribution in [0.5, 0.6) is 0 Å². The Hall–Kier alpha value is -1.80. The fourth-order valence-corrected chi connectivity index (χ4v) is 11.0. The van der Waals surface area contributed by atoms with Gasteiger partial charge in [-0.1, -0.05) is 312 Å². The van der Waals surface area contributed by atoms with Crippen LogP contribution in [0.3, 0.4) is 0 Å². The molecular formula is C71H136N2O6P+. The van der Waals surface area contributed by atoms with E-state index in [0.29, 0.717) is 17.4 Å². The smallest absolute Gasteiger partial charge is 0.387 e. The van der Waals surface area contributed by atoms with Gasteiger partial charge in [0, 0.05) is 6.42 Å². The number of hydrogen-bond acceptors (Lipinski definition) is 5. The highest BCUT2D eigenvalue weighted by atomic mass is 31.2. The maximum Gasteiger partial charge on any atom is 0.472 e. The van der Waals surface area contributed by atoms with Crippen molar-refractivity contribution in [3.05, 3.63) is 60.8 Å². The van der Waals surface area contributed by atoms with E-state index in [-0.39, 0.29) is 19.1 Å². The summed E-state index contributed by atoms with van der Waals surface area (Å²) in [5.74, 6) is -0.187. The first-order valence-electron chi connectivity index (χ1n) is 34.7. The third-order valence-electron chi connectivity index (χ3n) is 15.7. The van der Waals surface area contributed by atoms with E-state index in [9.17, 15) is 19.4 Å². The molecule has 0 aromatic carbocycles. The zero-order valence-electron chi connectivity index (χ0n) is 53.8. The quantitative estimate of drug-likeness (QED) is 0.0243. The second kappa shape index (κ2) is 61.8. The molecule has 0 aliphatic heterocycles. The number of carbonyl (C=O) groups excluding carboxylic acids is 1. The summed E-state index contributed by atoms with van der Waals surface area (Å²) in [5, 5.41) is 14.0. The van der Waals surface area contributed by atoms with Crippen LogP contribution < -0.4 is 5.32 Å². The standard InChI is InChI=1S/C71H135N2O6P/c1-6-8-10-12-14-16-18-20-22-24-26-28-30-31-32-33-34-35-36-37-38-39-40-41-43-45-47-49-51-53-55-57-59-61-63-65-71(75)72-69(68-79-80(76,77)78-67-66-73(3,4)5)70(74)64-62-60-58-56-54-52-50-48-46-44-42-29-27-25-23-21-19-17-15-13-11-9-7-2/h30-31,33-34,46,48,54,56,62,64,69-70,74H,6-29,32,35-45,47,49-53,55,57-61,63,65-68H2,1-5H3,(H-,72,75,76,77)/p+1/b31-30-,34-33-,48-46+,56-54+,64-62+. The van der Waals surface area contributed by atoms with Gasteiger partial charge in [0.25, 0.3) is 0 Å². The summed E-state index contributed by atoms with van der Waals surface area (Å²) < 4.78 is 23.8. The molecule has 3 unspecified atom stereocenters. The van der Waals surface area contributed by atoms with Gasteiger partial charge in [-0.25, -0.2) is 4.57 Å². The van der Waals surface area contributed by atoms with E-state index >= 15 is 0 Å². The average molecular weight is 1140 g/mol. The number of phosphoric acid groups is 1. The Kier molecular flexibility index (Phi) is 60.4. The SMILES string of the molecule is CCCCCCCCCCCCC/C=C\C/C=C\CCCCCCCCCCCCCCCCCCCC(=O)NC(COP(=O)(O)OCC[N+](C)(C)C)C(O)/C=C/CC/C=C/CC/C=C/CCCCCCCCCCCCCCC. The Balaban J connectivity index is 4.08. The van der Waals surface area contributed by atoms with Gasteiger partial charge in [0.1, 0.15) is 13.2 Å². The van der Waals surface area contributed by atoms with Crippen molar-refractivity contribution in [2.75, 3.05) is 40.9 Å². The normalized spacial score (nSPS) is 14.0. The van der Waals surface area contributed by atoms with Gasteiger partial charge in [-0.2, -0.15) is 0 Å². The number of rotatable bonds is 64. The predicted octanol–water partition coefficient (Wildman–Crippen LogP) is 22.0. The van der Waals surface area contributed by atoms with Crippen LogP contribution in [0, 0.1) is 0 Å². The average Bonchev–Trinajstić information content (AvgIpc) is 3.42. The molecule has 0 aliphatic rings. The fraction of sp³-hybridized carbons (Fsp3) is 0.845. The van der Waals surface area contributed by atoms with Gasteiger partial charge in [0.2, 0.25) is 5.91 Å². The summed E-state index contributed by atoms with van der Waals surface area (Å²) in [4.78, 5) is 23.4. The molecule has 0 heterocycles. The molecule has 8 nitrogen and oxygen atoms in total. The van der Waals surface area contributed by atoms with Gasteiger partial charge in [0.05, 0.1) is 39.9 Å². The number of carbonyl (C=O) groups is 1. The molecule has 0 rings (SSSR count). The van der Waals surface area contributed by atoms with Gasteiger partial charge in [-0.3, -0.25) is 13.8 Å². The number of nitrogens with zero attached hydrogens (tertiary/aromatic N) is 1. The van der Waals surface area contributed by atoms with Gasteiger partial charge in [0.15, 0.2) is 0 Å². The molecule has 0 aliphatic carbocycles. The highest BCUT2D eigenvalue weighted by molar-refractivity contribution is 7.47. The van der Waals surface area contributed by atoms with Gasteiger partial charge in [-0.15, -0.1) is 0 Å². The number of aliphatic hydroxyl groups is 1. The van der Waals surface area contributed by atoms with Crippen molar-refractivity contribution in [3.63, 3.8) is 0 Å². The molecule has 0 aromatic rings. The Morgan fingerprint density at radius 1 is 0.425 bits per heavy atom. The van der Waals surface area contributed by atoms with E-state index in [1.54, 1.807) is 6.08 Å². The van der Waals surface area contributed by atoms with E-state index in [2.05, 4.69) is 67.8 Å². The number of aliphatic hydroxyl groups excluding tert-OH is 1. The van der Waals surface area contributed by atoms with Crippen molar-refractivity contribution in [2.45, 2.75) is 347 Å². The third kappa shape index (κ3) is 63.8. The van der Waals surface area contributed by atoms with Crippen LogP contribution in [0.15, 0.2) is 60.8 Å². The van der Waals surface area contributed by atoms with Gasteiger partial charge >= 0.3 is 7.82 Å². The number of nitrogens with one attached hydrogen (secondary N) is 1. The molecule has 0 radical (unpaired) electrons. The molecule has 3 atom stereocenters. The van der Waals surface area contributed by atoms with Crippen LogP contribution in [0.1, 0.15) is 335 Å². The predicted molar refractivity (Wildman–Crippen MR) is 350 cm³/mol. The van der Waals surface area contributed by atoms with E-state index in [0.717, 1.165) is 51.4 Å². The molecule has 0 saturated heterocycles. The first-order chi connectivity index (χ1) is 39.0. The molecule has 3 N–H and O–H groups in total. The van der Waals surface area contributed by atoms with Crippen LogP contribution in [-0.2, 0) is 18.4 Å². The first kappa shape index (κ1) is 78.2. The lowest BCUT2D eigenvalue weighted by molar-refractivity contribution is -0.870. The molecule has 1 amide bonds. The largest absolute Gasteiger partial charge is 0.472 e. The van der Waals surface area contributed by atoms with Crippen molar-refractivity contribution < 1.29 is 32.9 Å². The Bertz CT molecular complexity index is 1490. The molecule has 80 heavy (non-hydrogen) atoms. The summed E-state index contributed by atoms with van der Waals surface area (Å²) >= 11 is 0. The Morgan fingerprint density at radius 3 is 1.07 bits per heavy atom. The number of hydrogen-bond donors (Lipinski definition) is 3. The van der Waals surface area contributed by atoms with E-state index in [1.165, 1.54) is 263 Å². The molecule has 0 fully saturated rings. The van der Waals surface area contributed by atoms with Crippen molar-refractivity contribution in [2.24, 2.45) is 0 Å². The minimum absolute atomic E-state index is 0.0531. The van der Waals surface area contributed by atoms with Crippen LogP contribution in [0.25, 0.3) is 0 Å². The van der Waals surface area contributed by atoms with Crippen molar-refractivity contribution >= 4 is 13.7 Å². The van der Waals surface area contributed by atoms with Crippen LogP contribution in [-0.4, -0.2) is 73.4 Å². The number of phosphoric ester groups is 1. The van der Waals surface area contributed by atoms with Crippen LogP contribution >= 0.6 is 7.82 Å². The number of unbranched alkanes of at least 4 members (excludes halogenated alkanes) is 43. The number of quaternary nitrogens is 1. The van der Waals surface area contributed by atoms with E-state index in [4.69, 9.17) is 9.05 Å². The summed E-state index contributed by atoms with van der Waals surface area (Å²) in [5.41, 5.74) is 0. The highest BCUT2D eigenvalue weighted by Crippen LogP contribution is 2.43. The summed E-state index contributed by atoms with van der Waals surface area (Å²) in [6.45, 7) is 4.83. The van der Waals surface area contributed by atoms with Crippen molar-refractivity contribution in [1.29, 1.82) is 0 Å². The third-order valence-corrected chi connectivity index (χ3v) is 16.7. The van der Waals surface area contributed by atoms with Gasteiger partial charge < -0.3 is 19.8 Å². The molecule has 0 saturated carbocycles. The lowest BCUT2D eigenvalue weighted by atomic mass is 10.0. The van der Waals surface area contributed by atoms with Crippen molar-refractivity contribution in [1.82, 2.24) is 5.32 Å². The Morgan fingerprint density at radius 2 is 0.725 bits per heavy atom. The lowest BCUT2D eigenvalue weighted by Gasteiger charge is -2.25. The topological polar surface area (TPSA) is 105 Å². The molecule has 0 spiro atoms. The van der Waals surface area contributed by atoms with Gasteiger partial charge in [-0.05, 0) is 77.0 Å². The summed E-state index contributed by atoms with van der Waals surface area (Å²) in [7, 11) is 1.55. The molecule has 9 heteroatoms. The number of amides is 1. The molecule has 470 valence electrons. The van der Waals surface area contributed by atoms with E-state index < -0.39 is 20.0 Å².